The third-order valence-corrected chi connectivity index (χ3v) is 8.92. The SMILES string of the molecule is CN1CCN(C2CCC(c3ccc(NC(=O)C4NC=C(C#N)N4)c(C4=CCC(C)(C)CC4)c3)CC2)CC1. The zero-order chi connectivity index (χ0) is 26.0. The predicted octanol–water partition coefficient (Wildman–Crippen LogP) is 4.38. The van der Waals surface area contributed by atoms with Gasteiger partial charge in [-0.05, 0) is 86.6 Å². The highest BCUT2D eigenvalue weighted by Gasteiger charge is 2.30. The van der Waals surface area contributed by atoms with Crippen LogP contribution in [-0.2, 0) is 4.79 Å². The molecule has 1 amide bonds. The van der Waals surface area contributed by atoms with E-state index < -0.39 is 6.17 Å². The zero-order valence-corrected chi connectivity index (χ0v) is 22.6. The molecule has 3 N–H and O–H groups in total. The summed E-state index contributed by atoms with van der Waals surface area (Å²) in [6.45, 7) is 9.42. The van der Waals surface area contributed by atoms with E-state index in [1.54, 1.807) is 6.20 Å². The lowest BCUT2D eigenvalue weighted by Gasteiger charge is -2.41. The Labute approximate surface area is 222 Å². The molecule has 1 unspecified atom stereocenters. The first-order valence-electron chi connectivity index (χ1n) is 14.0. The van der Waals surface area contributed by atoms with Crippen LogP contribution in [0.15, 0.2) is 36.2 Å². The molecule has 0 bridgehead atoms. The van der Waals surface area contributed by atoms with Crippen molar-refractivity contribution >= 4 is 17.2 Å². The van der Waals surface area contributed by atoms with Crippen LogP contribution in [0.2, 0.25) is 0 Å². The number of nitrogens with one attached hydrogen (secondary N) is 3. The average Bonchev–Trinajstić information content (AvgIpc) is 3.39. The summed E-state index contributed by atoms with van der Waals surface area (Å²) in [5.74, 6) is 0.397. The minimum Gasteiger partial charge on any atom is -0.361 e. The number of piperazine rings is 1. The Bertz CT molecular complexity index is 1100. The van der Waals surface area contributed by atoms with E-state index in [1.165, 1.54) is 63.0 Å². The van der Waals surface area contributed by atoms with Crippen LogP contribution in [0.1, 0.15) is 75.8 Å². The molecule has 4 aliphatic rings. The number of hydrogen-bond acceptors (Lipinski definition) is 6. The molecule has 0 radical (unpaired) electrons. The number of hydrogen-bond donors (Lipinski definition) is 3. The summed E-state index contributed by atoms with van der Waals surface area (Å²) >= 11 is 0. The molecule has 37 heavy (non-hydrogen) atoms. The molecule has 2 heterocycles. The Balaban J connectivity index is 1.31. The van der Waals surface area contributed by atoms with Crippen LogP contribution < -0.4 is 16.0 Å². The Morgan fingerprint density at radius 3 is 2.54 bits per heavy atom. The van der Waals surface area contributed by atoms with Gasteiger partial charge >= 0.3 is 0 Å². The average molecular weight is 503 g/mol. The molecule has 1 saturated carbocycles. The minimum atomic E-state index is -0.633. The van der Waals surface area contributed by atoms with Gasteiger partial charge in [0.15, 0.2) is 6.17 Å². The lowest BCUT2D eigenvalue weighted by Crippen LogP contribution is -2.49. The maximum Gasteiger partial charge on any atom is 0.267 e. The predicted molar refractivity (Wildman–Crippen MR) is 149 cm³/mol. The Morgan fingerprint density at radius 1 is 1.14 bits per heavy atom. The maximum atomic E-state index is 13.0. The smallest absolute Gasteiger partial charge is 0.267 e. The molecular weight excluding hydrogens is 460 g/mol. The van der Waals surface area contributed by atoms with Crippen molar-refractivity contribution in [2.75, 3.05) is 38.5 Å². The van der Waals surface area contributed by atoms with Crippen molar-refractivity contribution < 1.29 is 4.79 Å². The summed E-state index contributed by atoms with van der Waals surface area (Å²) in [6.07, 6.45) is 11.5. The molecule has 2 aliphatic carbocycles. The normalized spacial score (nSPS) is 28.3. The summed E-state index contributed by atoms with van der Waals surface area (Å²) in [7, 11) is 2.22. The Hall–Kier alpha value is -2.82. The van der Waals surface area contributed by atoms with Gasteiger partial charge in [0.2, 0.25) is 0 Å². The van der Waals surface area contributed by atoms with Crippen LogP contribution in [-0.4, -0.2) is 61.1 Å². The number of anilines is 1. The first kappa shape index (κ1) is 25.8. The summed E-state index contributed by atoms with van der Waals surface area (Å²) in [5, 5.41) is 18.1. The molecule has 0 aromatic heterocycles. The molecule has 1 saturated heterocycles. The molecule has 2 aliphatic heterocycles. The standard InChI is InChI=1S/C30H42N6O/c1-30(2)12-10-22(11-13-30)26-18-23(6-9-27(26)34-29(37)28-32-20-24(19-31)33-28)21-4-7-25(8-5-21)36-16-14-35(3)15-17-36/h6,9-10,18,20-21,25,28,32-33H,4-5,7-8,11-17H2,1-3H3,(H,34,37). The first-order valence-corrected chi connectivity index (χ1v) is 14.0. The number of carbonyl (C=O) groups is 1. The third kappa shape index (κ3) is 6.02. The fraction of sp³-hybridized carbons (Fsp3) is 0.600. The molecular formula is C30H42N6O. The van der Waals surface area contributed by atoms with Gasteiger partial charge < -0.3 is 20.9 Å². The number of nitrogens with zero attached hydrogens (tertiary/aromatic N) is 3. The van der Waals surface area contributed by atoms with Crippen molar-refractivity contribution in [2.24, 2.45) is 5.41 Å². The fourth-order valence-electron chi connectivity index (χ4n) is 6.29. The number of likely N-dealkylation sites (N-methyl/N-ethyl adjacent to an activating group) is 1. The maximum absolute atomic E-state index is 13.0. The van der Waals surface area contributed by atoms with E-state index in [2.05, 4.69) is 70.9 Å². The molecule has 2 fully saturated rings. The van der Waals surface area contributed by atoms with Crippen LogP contribution in [0.4, 0.5) is 5.69 Å². The third-order valence-electron chi connectivity index (χ3n) is 8.92. The fourth-order valence-corrected chi connectivity index (χ4v) is 6.29. The van der Waals surface area contributed by atoms with E-state index in [1.807, 2.05) is 6.07 Å². The van der Waals surface area contributed by atoms with Gasteiger partial charge in [0.25, 0.3) is 5.91 Å². The second-order valence-electron chi connectivity index (χ2n) is 12.2. The van der Waals surface area contributed by atoms with E-state index in [0.29, 0.717) is 17.0 Å². The second kappa shape index (κ2) is 10.9. The van der Waals surface area contributed by atoms with Crippen LogP contribution >= 0.6 is 0 Å². The molecule has 7 heteroatoms. The van der Waals surface area contributed by atoms with Crippen LogP contribution in [0.5, 0.6) is 0 Å². The van der Waals surface area contributed by atoms with Gasteiger partial charge in [0.1, 0.15) is 11.8 Å². The monoisotopic (exact) mass is 502 g/mol. The highest BCUT2D eigenvalue weighted by atomic mass is 16.2. The largest absolute Gasteiger partial charge is 0.361 e. The quantitative estimate of drug-likeness (QED) is 0.554. The van der Waals surface area contributed by atoms with Gasteiger partial charge in [-0.2, -0.15) is 5.26 Å². The van der Waals surface area contributed by atoms with Gasteiger partial charge in [-0.1, -0.05) is 26.0 Å². The molecule has 1 aromatic rings. The number of allylic oxidation sites excluding steroid dienone is 3. The number of amides is 1. The van der Waals surface area contributed by atoms with Crippen molar-refractivity contribution in [2.45, 2.75) is 76.9 Å². The van der Waals surface area contributed by atoms with Gasteiger partial charge in [0, 0.05) is 49.7 Å². The van der Waals surface area contributed by atoms with Crippen molar-refractivity contribution in [3.63, 3.8) is 0 Å². The van der Waals surface area contributed by atoms with E-state index in [-0.39, 0.29) is 5.91 Å². The van der Waals surface area contributed by atoms with Gasteiger partial charge in [-0.15, -0.1) is 0 Å². The molecule has 1 aromatic carbocycles. The number of benzene rings is 1. The van der Waals surface area contributed by atoms with E-state index in [4.69, 9.17) is 5.26 Å². The summed E-state index contributed by atoms with van der Waals surface area (Å²) in [4.78, 5) is 18.1. The molecule has 7 nitrogen and oxygen atoms in total. The van der Waals surface area contributed by atoms with Gasteiger partial charge in [0.05, 0.1) is 0 Å². The van der Waals surface area contributed by atoms with Crippen molar-refractivity contribution in [1.29, 1.82) is 5.26 Å². The van der Waals surface area contributed by atoms with E-state index in [0.717, 1.165) is 36.6 Å². The Kier molecular flexibility index (Phi) is 7.60. The van der Waals surface area contributed by atoms with E-state index >= 15 is 0 Å². The summed E-state index contributed by atoms with van der Waals surface area (Å²) < 4.78 is 0. The molecule has 5 rings (SSSR count). The lowest BCUT2D eigenvalue weighted by molar-refractivity contribution is -0.118. The summed E-state index contributed by atoms with van der Waals surface area (Å²) in [5.41, 5.74) is 5.46. The highest BCUT2D eigenvalue weighted by Crippen LogP contribution is 2.42. The van der Waals surface area contributed by atoms with Gasteiger partial charge in [-0.25, -0.2) is 0 Å². The second-order valence-corrected chi connectivity index (χ2v) is 12.2. The van der Waals surface area contributed by atoms with Gasteiger partial charge in [-0.3, -0.25) is 9.69 Å². The van der Waals surface area contributed by atoms with E-state index in [9.17, 15) is 4.79 Å². The van der Waals surface area contributed by atoms with Crippen LogP contribution in [0.3, 0.4) is 0 Å². The number of nitriles is 1. The van der Waals surface area contributed by atoms with Crippen molar-refractivity contribution in [1.82, 2.24) is 20.4 Å². The topological polar surface area (TPSA) is 83.4 Å². The lowest BCUT2D eigenvalue weighted by atomic mass is 9.76. The molecule has 0 spiro atoms. The first-order chi connectivity index (χ1) is 17.8. The highest BCUT2D eigenvalue weighted by molar-refractivity contribution is 5.98. The summed E-state index contributed by atoms with van der Waals surface area (Å²) in [6, 6.07) is 9.45. The molecule has 198 valence electrons. The molecule has 1 atom stereocenters. The van der Waals surface area contributed by atoms with Crippen LogP contribution in [0, 0.1) is 16.7 Å². The zero-order valence-electron chi connectivity index (χ0n) is 22.6. The van der Waals surface area contributed by atoms with Crippen molar-refractivity contribution in [3.05, 3.63) is 47.3 Å². The number of rotatable bonds is 5. The number of carbonyl (C=O) groups excluding carboxylic acids is 1. The van der Waals surface area contributed by atoms with Crippen molar-refractivity contribution in [3.8, 4) is 6.07 Å². The minimum absolute atomic E-state index is 0.181. The van der Waals surface area contributed by atoms with Crippen LogP contribution in [0.25, 0.3) is 5.57 Å². The Morgan fingerprint density at radius 2 is 1.89 bits per heavy atom.